The fourth-order valence-electron chi connectivity index (χ4n) is 3.79. The summed E-state index contributed by atoms with van der Waals surface area (Å²) in [5.74, 6) is -0.636. The van der Waals surface area contributed by atoms with Crippen molar-refractivity contribution < 1.29 is 19.1 Å². The third-order valence-corrected chi connectivity index (χ3v) is 4.97. The van der Waals surface area contributed by atoms with Crippen LogP contribution in [0.3, 0.4) is 0 Å². The summed E-state index contributed by atoms with van der Waals surface area (Å²) >= 11 is 0. The van der Waals surface area contributed by atoms with E-state index in [1.165, 1.54) is 13.8 Å². The zero-order chi connectivity index (χ0) is 19.7. The normalized spacial score (nSPS) is 11.1. The fraction of sp³-hybridized carbons (Fsp3) is 0.167. The van der Waals surface area contributed by atoms with Crippen LogP contribution >= 0.6 is 0 Å². The van der Waals surface area contributed by atoms with Crippen molar-refractivity contribution in [1.82, 2.24) is 0 Å². The highest BCUT2D eigenvalue weighted by Gasteiger charge is 2.17. The van der Waals surface area contributed by atoms with E-state index >= 15 is 0 Å². The van der Waals surface area contributed by atoms with Gasteiger partial charge in [-0.05, 0) is 32.3 Å². The number of benzene rings is 4. The molecule has 0 atom stereocenters. The Morgan fingerprint density at radius 3 is 1.82 bits per heavy atom. The van der Waals surface area contributed by atoms with Crippen LogP contribution in [0.5, 0.6) is 0 Å². The Morgan fingerprint density at radius 2 is 1.18 bits per heavy atom. The van der Waals surface area contributed by atoms with Crippen molar-refractivity contribution in [2.45, 2.75) is 27.1 Å². The largest absolute Gasteiger partial charge is 0.461 e. The van der Waals surface area contributed by atoms with Crippen LogP contribution in [0.2, 0.25) is 0 Å². The van der Waals surface area contributed by atoms with E-state index in [1.54, 1.807) is 0 Å². The van der Waals surface area contributed by atoms with Crippen LogP contribution < -0.4 is 0 Å². The Labute approximate surface area is 162 Å². The predicted octanol–water partition coefficient (Wildman–Crippen LogP) is 5.27. The predicted molar refractivity (Wildman–Crippen MR) is 110 cm³/mol. The van der Waals surface area contributed by atoms with E-state index in [2.05, 4.69) is 24.3 Å². The zero-order valence-electron chi connectivity index (χ0n) is 15.8. The lowest BCUT2D eigenvalue weighted by atomic mass is 9.89. The monoisotopic (exact) mass is 372 g/mol. The Kier molecular flexibility index (Phi) is 4.70. The number of fused-ring (bicyclic) bond motifs is 4. The highest BCUT2D eigenvalue weighted by Crippen LogP contribution is 2.38. The van der Waals surface area contributed by atoms with Gasteiger partial charge in [-0.3, -0.25) is 9.59 Å². The third-order valence-electron chi connectivity index (χ3n) is 4.97. The topological polar surface area (TPSA) is 52.6 Å². The maximum Gasteiger partial charge on any atom is 0.302 e. The highest BCUT2D eigenvalue weighted by atomic mass is 16.5. The van der Waals surface area contributed by atoms with E-state index in [4.69, 9.17) is 9.47 Å². The number of rotatable bonds is 4. The van der Waals surface area contributed by atoms with E-state index in [0.29, 0.717) is 0 Å². The molecule has 0 bridgehead atoms. The first-order valence-electron chi connectivity index (χ1n) is 9.17. The molecule has 0 aliphatic rings. The van der Waals surface area contributed by atoms with Crippen molar-refractivity contribution in [3.63, 3.8) is 0 Å². The Bertz CT molecular complexity index is 1220. The zero-order valence-corrected chi connectivity index (χ0v) is 15.8. The van der Waals surface area contributed by atoms with Crippen molar-refractivity contribution in [3.05, 3.63) is 71.8 Å². The van der Waals surface area contributed by atoms with Crippen molar-refractivity contribution in [2.24, 2.45) is 0 Å². The van der Waals surface area contributed by atoms with Gasteiger partial charge in [-0.2, -0.15) is 0 Å². The molecule has 4 aromatic rings. The number of ether oxygens (including phenoxy) is 2. The molecule has 0 heterocycles. The number of esters is 2. The number of hydrogen-bond acceptors (Lipinski definition) is 4. The van der Waals surface area contributed by atoms with Crippen molar-refractivity contribution in [1.29, 1.82) is 0 Å². The quantitative estimate of drug-likeness (QED) is 0.278. The maximum absolute atomic E-state index is 11.5. The van der Waals surface area contributed by atoms with Crippen molar-refractivity contribution >= 4 is 44.3 Å². The van der Waals surface area contributed by atoms with Gasteiger partial charge in [-0.25, -0.2) is 0 Å². The Morgan fingerprint density at radius 1 is 0.643 bits per heavy atom. The highest BCUT2D eigenvalue weighted by molar-refractivity contribution is 6.16. The molecule has 0 unspecified atom stereocenters. The molecule has 0 N–H and O–H groups in total. The molecule has 0 aliphatic heterocycles. The summed E-state index contributed by atoms with van der Waals surface area (Å²) in [6.45, 7) is 3.21. The van der Waals surface area contributed by atoms with Gasteiger partial charge in [0, 0.05) is 25.0 Å². The molecular weight excluding hydrogens is 352 g/mol. The Hall–Kier alpha value is -3.40. The molecule has 0 saturated heterocycles. The summed E-state index contributed by atoms with van der Waals surface area (Å²) in [7, 11) is 0. The van der Waals surface area contributed by atoms with Crippen molar-refractivity contribution in [2.75, 3.05) is 0 Å². The lowest BCUT2D eigenvalue weighted by molar-refractivity contribution is -0.143. The molecule has 0 amide bonds. The van der Waals surface area contributed by atoms with Gasteiger partial charge < -0.3 is 9.47 Å². The summed E-state index contributed by atoms with van der Waals surface area (Å²) in [6, 6.07) is 20.2. The van der Waals surface area contributed by atoms with Gasteiger partial charge in [0.15, 0.2) is 0 Å². The SMILES string of the molecule is CC(=O)OCc1c2ccccc2c(COC(C)=O)c2c1ccc1ccccc12. The summed E-state index contributed by atoms with van der Waals surface area (Å²) < 4.78 is 10.8. The van der Waals surface area contributed by atoms with Crippen LogP contribution in [0.15, 0.2) is 60.7 Å². The van der Waals surface area contributed by atoms with Gasteiger partial charge in [0.2, 0.25) is 0 Å². The second kappa shape index (κ2) is 7.31. The molecule has 140 valence electrons. The molecule has 0 aliphatic carbocycles. The van der Waals surface area contributed by atoms with E-state index in [0.717, 1.165) is 43.4 Å². The Balaban J connectivity index is 2.13. The lowest BCUT2D eigenvalue weighted by Crippen LogP contribution is -2.04. The average molecular weight is 372 g/mol. The second-order valence-corrected chi connectivity index (χ2v) is 6.77. The molecule has 0 radical (unpaired) electrons. The van der Waals surface area contributed by atoms with Crippen LogP contribution in [0, 0.1) is 0 Å². The van der Waals surface area contributed by atoms with Gasteiger partial charge in [0.05, 0.1) is 0 Å². The van der Waals surface area contributed by atoms with Crippen LogP contribution in [-0.2, 0) is 32.3 Å². The standard InChI is InChI=1S/C24H20O4/c1-15(25)27-13-22-19-9-5-6-10-20(19)23(14-28-16(2)26)24-18-8-4-3-7-17(18)11-12-21(22)24/h3-12H,13-14H2,1-2H3. The molecule has 4 aromatic carbocycles. The summed E-state index contributed by atoms with van der Waals surface area (Å²) in [6.07, 6.45) is 0. The molecule has 0 saturated carbocycles. The van der Waals surface area contributed by atoms with Crippen molar-refractivity contribution in [3.8, 4) is 0 Å². The number of carbonyl (C=O) groups is 2. The van der Waals surface area contributed by atoms with E-state index in [1.807, 2.05) is 36.4 Å². The molecular formula is C24H20O4. The van der Waals surface area contributed by atoms with E-state index < -0.39 is 0 Å². The summed E-state index contributed by atoms with van der Waals surface area (Å²) in [5, 5.41) is 6.20. The maximum atomic E-state index is 11.5. The minimum absolute atomic E-state index is 0.189. The molecule has 28 heavy (non-hydrogen) atoms. The third kappa shape index (κ3) is 3.18. The minimum atomic E-state index is -0.318. The fourth-order valence-corrected chi connectivity index (χ4v) is 3.79. The van der Waals surface area contributed by atoms with Crippen LogP contribution in [-0.4, -0.2) is 11.9 Å². The average Bonchev–Trinajstić information content (AvgIpc) is 2.69. The molecule has 4 heteroatoms. The van der Waals surface area contributed by atoms with Crippen LogP contribution in [0.1, 0.15) is 25.0 Å². The first-order chi connectivity index (χ1) is 13.6. The lowest BCUT2D eigenvalue weighted by Gasteiger charge is -2.18. The molecule has 0 spiro atoms. The van der Waals surface area contributed by atoms with Crippen LogP contribution in [0.4, 0.5) is 0 Å². The second-order valence-electron chi connectivity index (χ2n) is 6.77. The molecule has 4 nitrogen and oxygen atoms in total. The summed E-state index contributed by atoms with van der Waals surface area (Å²) in [5.41, 5.74) is 1.92. The molecule has 0 fully saturated rings. The van der Waals surface area contributed by atoms with Gasteiger partial charge in [0.1, 0.15) is 13.2 Å². The van der Waals surface area contributed by atoms with Gasteiger partial charge >= 0.3 is 11.9 Å². The molecule has 4 rings (SSSR count). The first kappa shape index (κ1) is 18.0. The van der Waals surface area contributed by atoms with Gasteiger partial charge in [0.25, 0.3) is 0 Å². The summed E-state index contributed by atoms with van der Waals surface area (Å²) in [4.78, 5) is 23.0. The van der Waals surface area contributed by atoms with Crippen LogP contribution in [0.25, 0.3) is 32.3 Å². The number of hydrogen-bond donors (Lipinski definition) is 0. The molecule has 0 aromatic heterocycles. The van der Waals surface area contributed by atoms with Gasteiger partial charge in [-0.15, -0.1) is 0 Å². The van der Waals surface area contributed by atoms with E-state index in [-0.39, 0.29) is 25.2 Å². The smallest absolute Gasteiger partial charge is 0.302 e. The van der Waals surface area contributed by atoms with Gasteiger partial charge in [-0.1, -0.05) is 60.7 Å². The van der Waals surface area contributed by atoms with E-state index in [9.17, 15) is 9.59 Å². The number of carbonyl (C=O) groups excluding carboxylic acids is 2. The first-order valence-corrected chi connectivity index (χ1v) is 9.17. The minimum Gasteiger partial charge on any atom is -0.461 e.